The number of anilines is 1. The first-order chi connectivity index (χ1) is 12.2. The fourth-order valence-electron chi connectivity index (χ4n) is 3.73. The molecular weight excluding hydrogens is 310 g/mol. The SMILES string of the molecule is CN(CC(=O)Nc1cccc2ncccc12)C1CCc2ccccc21. The molecule has 4 heteroatoms. The Morgan fingerprint density at radius 2 is 2.04 bits per heavy atom. The fraction of sp³-hybridized carbons (Fsp3) is 0.238. The second kappa shape index (κ2) is 6.65. The molecule has 1 heterocycles. The Morgan fingerprint density at radius 3 is 2.96 bits per heavy atom. The lowest BCUT2D eigenvalue weighted by Crippen LogP contribution is -2.32. The highest BCUT2D eigenvalue weighted by atomic mass is 16.2. The molecule has 2 aromatic carbocycles. The number of carbonyl (C=O) groups is 1. The molecule has 25 heavy (non-hydrogen) atoms. The maximum absolute atomic E-state index is 12.6. The summed E-state index contributed by atoms with van der Waals surface area (Å²) in [6, 6.07) is 18.5. The molecular formula is C21H21N3O. The normalized spacial score (nSPS) is 16.2. The Morgan fingerprint density at radius 1 is 1.16 bits per heavy atom. The van der Waals surface area contributed by atoms with Crippen LogP contribution in [-0.2, 0) is 11.2 Å². The van der Waals surface area contributed by atoms with Crippen LogP contribution in [0.4, 0.5) is 5.69 Å². The molecule has 0 spiro atoms. The number of rotatable bonds is 4. The van der Waals surface area contributed by atoms with Crippen molar-refractivity contribution in [3.8, 4) is 0 Å². The number of aryl methyl sites for hydroxylation is 1. The number of fused-ring (bicyclic) bond motifs is 2. The van der Waals surface area contributed by atoms with Gasteiger partial charge in [-0.1, -0.05) is 30.3 Å². The zero-order chi connectivity index (χ0) is 17.2. The van der Waals surface area contributed by atoms with Gasteiger partial charge in [-0.25, -0.2) is 0 Å². The molecule has 1 amide bonds. The average molecular weight is 331 g/mol. The van der Waals surface area contributed by atoms with Crippen molar-refractivity contribution in [2.75, 3.05) is 18.9 Å². The molecule has 0 aliphatic heterocycles. The Labute approximate surface area is 147 Å². The van der Waals surface area contributed by atoms with Crippen LogP contribution in [0.1, 0.15) is 23.6 Å². The molecule has 1 atom stereocenters. The van der Waals surface area contributed by atoms with Gasteiger partial charge in [-0.2, -0.15) is 0 Å². The second-order valence-corrected chi connectivity index (χ2v) is 6.59. The van der Waals surface area contributed by atoms with E-state index in [1.165, 1.54) is 11.1 Å². The van der Waals surface area contributed by atoms with Gasteiger partial charge in [0.2, 0.25) is 5.91 Å². The number of hydrogen-bond donors (Lipinski definition) is 1. The lowest BCUT2D eigenvalue weighted by atomic mass is 10.1. The van der Waals surface area contributed by atoms with E-state index in [2.05, 4.69) is 39.5 Å². The molecule has 0 saturated heterocycles. The number of hydrogen-bond acceptors (Lipinski definition) is 3. The van der Waals surface area contributed by atoms with E-state index in [1.807, 2.05) is 37.4 Å². The molecule has 1 aliphatic rings. The monoisotopic (exact) mass is 331 g/mol. The fourth-order valence-corrected chi connectivity index (χ4v) is 3.73. The zero-order valence-electron chi connectivity index (χ0n) is 14.3. The molecule has 1 N–H and O–H groups in total. The van der Waals surface area contributed by atoms with Crippen molar-refractivity contribution in [3.63, 3.8) is 0 Å². The summed E-state index contributed by atoms with van der Waals surface area (Å²) in [6.07, 6.45) is 3.92. The van der Waals surface area contributed by atoms with Crippen molar-refractivity contribution in [2.45, 2.75) is 18.9 Å². The molecule has 126 valence electrons. The van der Waals surface area contributed by atoms with Crippen molar-refractivity contribution in [1.29, 1.82) is 0 Å². The third kappa shape index (κ3) is 3.13. The minimum absolute atomic E-state index is 0.00299. The van der Waals surface area contributed by atoms with Crippen molar-refractivity contribution in [1.82, 2.24) is 9.88 Å². The molecule has 1 unspecified atom stereocenters. The number of likely N-dealkylation sites (N-methyl/N-ethyl adjacent to an activating group) is 1. The Hall–Kier alpha value is -2.72. The molecule has 4 nitrogen and oxygen atoms in total. The summed E-state index contributed by atoms with van der Waals surface area (Å²) < 4.78 is 0. The molecule has 1 aromatic heterocycles. The molecule has 0 bridgehead atoms. The van der Waals surface area contributed by atoms with E-state index in [0.29, 0.717) is 12.6 Å². The largest absolute Gasteiger partial charge is 0.324 e. The van der Waals surface area contributed by atoms with Gasteiger partial charge >= 0.3 is 0 Å². The first-order valence-electron chi connectivity index (χ1n) is 8.64. The van der Waals surface area contributed by atoms with Crippen LogP contribution in [0, 0.1) is 0 Å². The summed E-state index contributed by atoms with van der Waals surface area (Å²) in [6.45, 7) is 0.371. The molecule has 0 fully saturated rings. The lowest BCUT2D eigenvalue weighted by Gasteiger charge is -2.24. The summed E-state index contributed by atoms with van der Waals surface area (Å²) in [5, 5.41) is 4.01. The van der Waals surface area contributed by atoms with Gasteiger partial charge < -0.3 is 5.32 Å². The van der Waals surface area contributed by atoms with Gasteiger partial charge in [-0.15, -0.1) is 0 Å². The Balaban J connectivity index is 1.47. The van der Waals surface area contributed by atoms with Crippen LogP contribution >= 0.6 is 0 Å². The first-order valence-corrected chi connectivity index (χ1v) is 8.64. The number of benzene rings is 2. The summed E-state index contributed by atoms with van der Waals surface area (Å²) in [7, 11) is 2.02. The smallest absolute Gasteiger partial charge is 0.238 e. The Kier molecular flexibility index (Phi) is 4.20. The molecule has 4 rings (SSSR count). The van der Waals surface area contributed by atoms with Crippen LogP contribution in [0.25, 0.3) is 10.9 Å². The first kappa shape index (κ1) is 15.8. The minimum atomic E-state index is 0.00299. The van der Waals surface area contributed by atoms with Crippen LogP contribution in [-0.4, -0.2) is 29.4 Å². The van der Waals surface area contributed by atoms with Crippen molar-refractivity contribution < 1.29 is 4.79 Å². The van der Waals surface area contributed by atoms with E-state index >= 15 is 0 Å². The summed E-state index contributed by atoms with van der Waals surface area (Å²) in [5.41, 5.74) is 4.46. The second-order valence-electron chi connectivity index (χ2n) is 6.59. The van der Waals surface area contributed by atoms with Gasteiger partial charge in [0.05, 0.1) is 17.7 Å². The molecule has 0 radical (unpaired) electrons. The average Bonchev–Trinajstić information content (AvgIpc) is 3.06. The van der Waals surface area contributed by atoms with E-state index in [4.69, 9.17) is 0 Å². The van der Waals surface area contributed by atoms with Gasteiger partial charge in [-0.3, -0.25) is 14.7 Å². The predicted octanol–water partition coefficient (Wildman–Crippen LogP) is 3.79. The number of amides is 1. The minimum Gasteiger partial charge on any atom is -0.324 e. The van der Waals surface area contributed by atoms with Gasteiger partial charge in [-0.05, 0) is 55.3 Å². The standard InChI is InChI=1S/C21H21N3O/c1-24(20-12-11-15-6-2-3-7-16(15)20)14-21(25)23-19-10-4-9-18-17(19)8-5-13-22-18/h2-10,13,20H,11-12,14H2,1H3,(H,23,25). The van der Waals surface area contributed by atoms with Crippen LogP contribution in [0.2, 0.25) is 0 Å². The van der Waals surface area contributed by atoms with E-state index < -0.39 is 0 Å². The van der Waals surface area contributed by atoms with Crippen LogP contribution < -0.4 is 5.32 Å². The van der Waals surface area contributed by atoms with Gasteiger partial charge in [0.25, 0.3) is 0 Å². The van der Waals surface area contributed by atoms with E-state index in [0.717, 1.165) is 29.4 Å². The number of pyridine rings is 1. The van der Waals surface area contributed by atoms with Crippen LogP contribution in [0.3, 0.4) is 0 Å². The van der Waals surface area contributed by atoms with E-state index in [1.54, 1.807) is 6.20 Å². The van der Waals surface area contributed by atoms with Crippen molar-refractivity contribution in [3.05, 3.63) is 71.9 Å². The highest BCUT2D eigenvalue weighted by Crippen LogP contribution is 2.34. The van der Waals surface area contributed by atoms with Gasteiger partial charge in [0.15, 0.2) is 0 Å². The maximum atomic E-state index is 12.6. The van der Waals surface area contributed by atoms with Crippen LogP contribution in [0.15, 0.2) is 60.8 Å². The quantitative estimate of drug-likeness (QED) is 0.791. The highest BCUT2D eigenvalue weighted by molar-refractivity contribution is 6.01. The Bertz CT molecular complexity index is 916. The van der Waals surface area contributed by atoms with Gasteiger partial charge in [0, 0.05) is 17.6 Å². The topological polar surface area (TPSA) is 45.2 Å². The lowest BCUT2D eigenvalue weighted by molar-refractivity contribution is -0.117. The van der Waals surface area contributed by atoms with E-state index in [9.17, 15) is 4.79 Å². The number of nitrogens with one attached hydrogen (secondary N) is 1. The summed E-state index contributed by atoms with van der Waals surface area (Å²) >= 11 is 0. The molecule has 0 saturated carbocycles. The third-order valence-electron chi connectivity index (χ3n) is 4.95. The maximum Gasteiger partial charge on any atom is 0.238 e. The summed E-state index contributed by atoms with van der Waals surface area (Å²) in [4.78, 5) is 19.0. The van der Waals surface area contributed by atoms with Gasteiger partial charge in [0.1, 0.15) is 0 Å². The molecule has 1 aliphatic carbocycles. The number of nitrogens with zero attached hydrogens (tertiary/aromatic N) is 2. The molecule has 3 aromatic rings. The van der Waals surface area contributed by atoms with E-state index in [-0.39, 0.29) is 5.91 Å². The number of carbonyl (C=O) groups excluding carboxylic acids is 1. The third-order valence-corrected chi connectivity index (χ3v) is 4.95. The van der Waals surface area contributed by atoms with Crippen LogP contribution in [0.5, 0.6) is 0 Å². The van der Waals surface area contributed by atoms with Crippen molar-refractivity contribution >= 4 is 22.5 Å². The zero-order valence-corrected chi connectivity index (χ0v) is 14.3. The number of aromatic nitrogens is 1. The van der Waals surface area contributed by atoms with Crippen molar-refractivity contribution in [2.24, 2.45) is 0 Å². The predicted molar refractivity (Wildman–Crippen MR) is 101 cm³/mol. The highest BCUT2D eigenvalue weighted by Gasteiger charge is 2.26. The summed E-state index contributed by atoms with van der Waals surface area (Å²) in [5.74, 6) is 0.00299.